The minimum absolute atomic E-state index is 0.115. The van der Waals surface area contributed by atoms with Crippen molar-refractivity contribution < 1.29 is 28.6 Å². The van der Waals surface area contributed by atoms with E-state index in [-0.39, 0.29) is 44.0 Å². The zero-order valence-electron chi connectivity index (χ0n) is 36.3. The molecule has 0 amide bonds. The molecule has 0 radical (unpaired) electrons. The zero-order chi connectivity index (χ0) is 41.5. The fourth-order valence-electron chi connectivity index (χ4n) is 5.47. The number of carbonyl (C=O) groups excluding carboxylic acids is 3. The lowest BCUT2D eigenvalue weighted by atomic mass is 10.1. The number of ether oxygens (including phenoxy) is 3. The fraction of sp³-hybridized carbons (Fsp3) is 0.588. The van der Waals surface area contributed by atoms with E-state index in [0.29, 0.717) is 19.3 Å². The molecule has 320 valence electrons. The van der Waals surface area contributed by atoms with Gasteiger partial charge in [-0.3, -0.25) is 14.4 Å². The largest absolute Gasteiger partial charge is 0.462 e. The molecular formula is C51H80O6. The molecule has 0 aliphatic carbocycles. The van der Waals surface area contributed by atoms with Crippen molar-refractivity contribution in [2.45, 2.75) is 181 Å². The van der Waals surface area contributed by atoms with Crippen LogP contribution in [0.15, 0.2) is 109 Å². The molecule has 0 spiro atoms. The summed E-state index contributed by atoms with van der Waals surface area (Å²) < 4.78 is 16.6. The predicted molar refractivity (Wildman–Crippen MR) is 242 cm³/mol. The Kier molecular flexibility index (Phi) is 41.7. The Morgan fingerprint density at radius 3 is 1.14 bits per heavy atom. The molecule has 0 heterocycles. The number of unbranched alkanes of at least 4 members (excludes halogenated alkanes) is 9. The highest BCUT2D eigenvalue weighted by Gasteiger charge is 2.19. The lowest BCUT2D eigenvalue weighted by Crippen LogP contribution is -2.30. The van der Waals surface area contributed by atoms with E-state index in [1.807, 2.05) is 0 Å². The smallest absolute Gasteiger partial charge is 0.306 e. The molecule has 1 unspecified atom stereocenters. The molecule has 1 atom stereocenters. The van der Waals surface area contributed by atoms with Crippen molar-refractivity contribution in [3.63, 3.8) is 0 Å². The highest BCUT2D eigenvalue weighted by Crippen LogP contribution is 2.11. The molecule has 0 saturated carbocycles. The van der Waals surface area contributed by atoms with E-state index in [9.17, 15) is 14.4 Å². The third kappa shape index (κ3) is 43.0. The highest BCUT2D eigenvalue weighted by molar-refractivity contribution is 5.71. The van der Waals surface area contributed by atoms with Gasteiger partial charge in [0, 0.05) is 19.3 Å². The van der Waals surface area contributed by atoms with E-state index in [1.54, 1.807) is 0 Å². The normalized spacial score (nSPS) is 13.1. The van der Waals surface area contributed by atoms with Crippen LogP contribution in [-0.4, -0.2) is 37.2 Å². The maximum atomic E-state index is 12.7. The molecule has 0 aliphatic rings. The van der Waals surface area contributed by atoms with Gasteiger partial charge in [-0.2, -0.15) is 0 Å². The molecule has 0 N–H and O–H groups in total. The number of rotatable bonds is 38. The number of carbonyl (C=O) groups is 3. The molecule has 6 nitrogen and oxygen atoms in total. The van der Waals surface area contributed by atoms with E-state index in [1.165, 1.54) is 25.7 Å². The second-order valence-corrected chi connectivity index (χ2v) is 14.2. The Morgan fingerprint density at radius 2 is 0.702 bits per heavy atom. The average Bonchev–Trinajstić information content (AvgIpc) is 3.21. The monoisotopic (exact) mass is 789 g/mol. The number of hydrogen-bond donors (Lipinski definition) is 0. The highest BCUT2D eigenvalue weighted by atomic mass is 16.6. The molecular weight excluding hydrogens is 709 g/mol. The van der Waals surface area contributed by atoms with Crippen molar-refractivity contribution >= 4 is 17.9 Å². The summed E-state index contributed by atoms with van der Waals surface area (Å²) in [6, 6.07) is 0. The third-order valence-corrected chi connectivity index (χ3v) is 8.77. The van der Waals surface area contributed by atoms with Crippen molar-refractivity contribution in [1.82, 2.24) is 0 Å². The van der Waals surface area contributed by atoms with Crippen LogP contribution in [0.3, 0.4) is 0 Å². The second kappa shape index (κ2) is 44.8. The quantitative estimate of drug-likeness (QED) is 0.0268. The molecule has 0 aromatic carbocycles. The molecule has 0 aromatic heterocycles. The van der Waals surface area contributed by atoms with Crippen molar-refractivity contribution in [1.29, 1.82) is 0 Å². The SMILES string of the molecule is CC/C=C\C/C=C\C/C=C\C/C=C\C/C=C\CCCC(=O)OCC(COC(=O)CCCCCCCCC)OC(=O)CCCC/C=C\C/C=C\C/C=C\C/C=C\CC. The summed E-state index contributed by atoms with van der Waals surface area (Å²) in [4.78, 5) is 37.6. The van der Waals surface area contributed by atoms with Gasteiger partial charge in [-0.15, -0.1) is 0 Å². The van der Waals surface area contributed by atoms with Crippen LogP contribution in [0.4, 0.5) is 0 Å². The van der Waals surface area contributed by atoms with Gasteiger partial charge in [0.1, 0.15) is 13.2 Å². The zero-order valence-corrected chi connectivity index (χ0v) is 36.3. The Morgan fingerprint density at radius 1 is 0.368 bits per heavy atom. The van der Waals surface area contributed by atoms with Gasteiger partial charge in [-0.05, 0) is 96.3 Å². The summed E-state index contributed by atoms with van der Waals surface area (Å²) in [6.45, 7) is 6.24. The standard InChI is InChI=1S/C51H80O6/c1-4-7-10-13-16-18-20-22-24-25-27-28-30-32-35-38-41-44-50(53)56-47-48(46-55-49(52)43-40-37-34-15-12-9-6-3)57-51(54)45-42-39-36-33-31-29-26-23-21-19-17-14-11-8-5-2/h7-8,10-11,16-19,22-24,26-28,31-33,35,48H,4-6,9,12-15,20-21,25,29-30,34,36-47H2,1-3H3/b10-7-,11-8-,18-16-,19-17-,24-22-,26-23-,28-27-,33-31-,35-32-. The van der Waals surface area contributed by atoms with Gasteiger partial charge in [0.25, 0.3) is 0 Å². The first-order valence-electron chi connectivity index (χ1n) is 22.4. The van der Waals surface area contributed by atoms with Gasteiger partial charge in [0.15, 0.2) is 6.10 Å². The molecule has 0 saturated heterocycles. The lowest BCUT2D eigenvalue weighted by molar-refractivity contribution is -0.167. The van der Waals surface area contributed by atoms with Crippen LogP contribution in [0.25, 0.3) is 0 Å². The van der Waals surface area contributed by atoms with Crippen LogP contribution in [0.1, 0.15) is 175 Å². The molecule has 0 rings (SSSR count). The Labute approximate surface area is 349 Å². The van der Waals surface area contributed by atoms with Gasteiger partial charge >= 0.3 is 17.9 Å². The maximum Gasteiger partial charge on any atom is 0.306 e. The summed E-state index contributed by atoms with van der Waals surface area (Å²) in [5.41, 5.74) is 0. The Hall–Kier alpha value is -3.93. The van der Waals surface area contributed by atoms with Crippen LogP contribution in [0.5, 0.6) is 0 Å². The minimum atomic E-state index is -0.820. The summed E-state index contributed by atoms with van der Waals surface area (Å²) in [6.07, 6.45) is 59.5. The maximum absolute atomic E-state index is 12.7. The van der Waals surface area contributed by atoms with E-state index in [4.69, 9.17) is 14.2 Å². The number of hydrogen-bond acceptors (Lipinski definition) is 6. The average molecular weight is 789 g/mol. The lowest BCUT2D eigenvalue weighted by Gasteiger charge is -2.18. The first-order chi connectivity index (χ1) is 28.0. The molecule has 0 aliphatic heterocycles. The van der Waals surface area contributed by atoms with Gasteiger partial charge in [-0.25, -0.2) is 0 Å². The summed E-state index contributed by atoms with van der Waals surface area (Å²) in [5.74, 6) is -1.04. The molecule has 57 heavy (non-hydrogen) atoms. The van der Waals surface area contributed by atoms with E-state index in [2.05, 4.69) is 130 Å². The predicted octanol–water partition coefficient (Wildman–Crippen LogP) is 14.4. The summed E-state index contributed by atoms with van der Waals surface area (Å²) in [5, 5.41) is 0. The van der Waals surface area contributed by atoms with E-state index < -0.39 is 6.10 Å². The topological polar surface area (TPSA) is 78.9 Å². The second-order valence-electron chi connectivity index (χ2n) is 14.2. The summed E-state index contributed by atoms with van der Waals surface area (Å²) >= 11 is 0. The van der Waals surface area contributed by atoms with Crippen LogP contribution in [0.2, 0.25) is 0 Å². The third-order valence-electron chi connectivity index (χ3n) is 8.77. The first kappa shape index (κ1) is 53.1. The van der Waals surface area contributed by atoms with E-state index in [0.717, 1.165) is 96.3 Å². The van der Waals surface area contributed by atoms with Crippen molar-refractivity contribution in [3.05, 3.63) is 109 Å². The fourth-order valence-corrected chi connectivity index (χ4v) is 5.47. The van der Waals surface area contributed by atoms with Crippen LogP contribution in [-0.2, 0) is 28.6 Å². The van der Waals surface area contributed by atoms with Crippen molar-refractivity contribution in [2.24, 2.45) is 0 Å². The van der Waals surface area contributed by atoms with Gasteiger partial charge in [0.2, 0.25) is 0 Å². The van der Waals surface area contributed by atoms with Gasteiger partial charge in [-0.1, -0.05) is 169 Å². The molecule has 6 heteroatoms. The van der Waals surface area contributed by atoms with E-state index >= 15 is 0 Å². The van der Waals surface area contributed by atoms with Crippen LogP contribution in [0, 0.1) is 0 Å². The van der Waals surface area contributed by atoms with Gasteiger partial charge in [0.05, 0.1) is 0 Å². The van der Waals surface area contributed by atoms with Gasteiger partial charge < -0.3 is 14.2 Å². The summed E-state index contributed by atoms with van der Waals surface area (Å²) in [7, 11) is 0. The van der Waals surface area contributed by atoms with Crippen molar-refractivity contribution in [3.8, 4) is 0 Å². The van der Waals surface area contributed by atoms with Crippen LogP contribution < -0.4 is 0 Å². The Bertz CT molecular complexity index is 1230. The first-order valence-corrected chi connectivity index (χ1v) is 22.4. The van der Waals surface area contributed by atoms with Crippen LogP contribution >= 0.6 is 0 Å². The number of esters is 3. The van der Waals surface area contributed by atoms with Crippen molar-refractivity contribution in [2.75, 3.05) is 13.2 Å². The molecule has 0 fully saturated rings. The minimum Gasteiger partial charge on any atom is -0.462 e. The molecule has 0 bridgehead atoms. The number of allylic oxidation sites excluding steroid dienone is 18. The molecule has 0 aromatic rings. The Balaban J connectivity index is 4.51.